The number of nitrogens with zero attached hydrogens (tertiary/aromatic N) is 3. The molecule has 2 unspecified atom stereocenters. The lowest BCUT2D eigenvalue weighted by atomic mass is 9.98. The second-order valence-corrected chi connectivity index (χ2v) is 10.1. The van der Waals surface area contributed by atoms with E-state index in [4.69, 9.17) is 10.5 Å². The second-order valence-electron chi connectivity index (χ2n) is 10.1. The van der Waals surface area contributed by atoms with Gasteiger partial charge in [0.15, 0.2) is 0 Å². The van der Waals surface area contributed by atoms with Crippen LogP contribution >= 0.6 is 0 Å². The topological polar surface area (TPSA) is 82.5 Å². The van der Waals surface area contributed by atoms with E-state index in [9.17, 15) is 18.4 Å². The fourth-order valence-corrected chi connectivity index (χ4v) is 5.45. The van der Waals surface area contributed by atoms with Gasteiger partial charge in [0, 0.05) is 36.3 Å². The maximum Gasteiger partial charge on any atom is 0.331 e. The third kappa shape index (κ3) is 5.29. The molecule has 0 aliphatic carbocycles. The molecule has 1 aliphatic heterocycles. The van der Waals surface area contributed by atoms with Crippen LogP contribution in [0.4, 0.5) is 14.5 Å². The van der Waals surface area contributed by atoms with Gasteiger partial charge in [0.2, 0.25) is 0 Å². The number of nitrogens with two attached hydrogens (primary N) is 1. The summed E-state index contributed by atoms with van der Waals surface area (Å²) in [7, 11) is 1.62. The Kier molecular flexibility index (Phi) is 7.84. The summed E-state index contributed by atoms with van der Waals surface area (Å²) in [5.41, 5.74) is 7.65. The molecule has 40 heavy (non-hydrogen) atoms. The summed E-state index contributed by atoms with van der Waals surface area (Å²) in [5.74, 6) is -0.590. The second kappa shape index (κ2) is 11.5. The molecule has 1 fully saturated rings. The molecule has 3 aromatic carbocycles. The summed E-state index contributed by atoms with van der Waals surface area (Å²) in [4.78, 5) is 29.6. The third-order valence-electron chi connectivity index (χ3n) is 7.73. The highest BCUT2D eigenvalue weighted by atomic mass is 19.1. The number of aromatic nitrogens is 2. The third-order valence-corrected chi connectivity index (χ3v) is 7.73. The minimum atomic E-state index is -0.757. The zero-order valence-corrected chi connectivity index (χ0v) is 22.5. The highest BCUT2D eigenvalue weighted by Gasteiger charge is 2.30. The van der Waals surface area contributed by atoms with Gasteiger partial charge in [-0.25, -0.2) is 13.6 Å². The lowest BCUT2D eigenvalue weighted by Crippen LogP contribution is -2.46. The summed E-state index contributed by atoms with van der Waals surface area (Å²) >= 11 is 0. The lowest BCUT2D eigenvalue weighted by Gasteiger charge is -2.25. The molecule has 1 aromatic heterocycles. The van der Waals surface area contributed by atoms with Crippen LogP contribution in [-0.4, -0.2) is 29.3 Å². The van der Waals surface area contributed by atoms with Crippen molar-refractivity contribution in [2.24, 2.45) is 5.73 Å². The fourth-order valence-electron chi connectivity index (χ4n) is 5.45. The van der Waals surface area contributed by atoms with Gasteiger partial charge in [-0.1, -0.05) is 48.5 Å². The van der Waals surface area contributed by atoms with Crippen molar-refractivity contribution >= 4 is 5.69 Å². The summed E-state index contributed by atoms with van der Waals surface area (Å²) < 4.78 is 36.9. The highest BCUT2D eigenvalue weighted by Crippen LogP contribution is 2.31. The van der Waals surface area contributed by atoms with Gasteiger partial charge in [-0.15, -0.1) is 0 Å². The zero-order chi connectivity index (χ0) is 28.4. The van der Waals surface area contributed by atoms with Crippen molar-refractivity contribution in [1.82, 2.24) is 9.13 Å². The molecule has 0 spiro atoms. The molecule has 0 amide bonds. The maximum absolute atomic E-state index is 14.6. The monoisotopic (exact) mass is 546 g/mol. The van der Waals surface area contributed by atoms with Crippen molar-refractivity contribution in [3.05, 3.63) is 128 Å². The Morgan fingerprint density at radius 2 is 1.62 bits per heavy atom. The first-order valence-corrected chi connectivity index (χ1v) is 13.2. The predicted octanol–water partition coefficient (Wildman–Crippen LogP) is 4.35. The van der Waals surface area contributed by atoms with Gasteiger partial charge in [-0.3, -0.25) is 13.9 Å². The fraction of sp³-hybridized carbons (Fsp3) is 0.290. The number of ether oxygens (including phenoxy) is 1. The van der Waals surface area contributed by atoms with Crippen LogP contribution in [0.15, 0.2) is 82.4 Å². The first kappa shape index (κ1) is 27.3. The van der Waals surface area contributed by atoms with Crippen LogP contribution in [0, 0.1) is 18.6 Å². The number of hydrogen-bond donors (Lipinski definition) is 1. The average molecular weight is 547 g/mol. The first-order valence-electron chi connectivity index (χ1n) is 13.2. The molecule has 2 N–H and O–H groups in total. The van der Waals surface area contributed by atoms with Gasteiger partial charge in [-0.2, -0.15) is 0 Å². The molecule has 0 saturated carbocycles. The molecule has 2 atom stereocenters. The Balaban J connectivity index is 1.57. The van der Waals surface area contributed by atoms with Crippen LogP contribution in [0.1, 0.15) is 40.8 Å². The van der Waals surface area contributed by atoms with Crippen LogP contribution in [0.5, 0.6) is 5.75 Å². The van der Waals surface area contributed by atoms with Crippen molar-refractivity contribution in [2.75, 3.05) is 25.1 Å². The molecule has 4 aromatic rings. The van der Waals surface area contributed by atoms with Crippen molar-refractivity contribution in [3.8, 4) is 5.75 Å². The molecule has 1 saturated heterocycles. The molecule has 7 nitrogen and oxygen atoms in total. The Morgan fingerprint density at radius 1 is 0.950 bits per heavy atom. The average Bonchev–Trinajstić information content (AvgIpc) is 3.45. The van der Waals surface area contributed by atoms with Gasteiger partial charge in [0.1, 0.15) is 23.1 Å². The molecule has 208 valence electrons. The molecule has 9 heteroatoms. The van der Waals surface area contributed by atoms with Gasteiger partial charge in [-0.05, 0) is 48.7 Å². The van der Waals surface area contributed by atoms with Crippen molar-refractivity contribution in [3.63, 3.8) is 0 Å². The number of benzene rings is 3. The summed E-state index contributed by atoms with van der Waals surface area (Å²) in [6.07, 6.45) is 0.801. The Bertz CT molecular complexity index is 1600. The molecule has 2 heterocycles. The van der Waals surface area contributed by atoms with Crippen LogP contribution in [-0.2, 0) is 13.1 Å². The minimum absolute atomic E-state index is 0.0789. The zero-order valence-electron chi connectivity index (χ0n) is 22.5. The number of methoxy groups -OCH3 is 1. The Labute approximate surface area is 231 Å². The van der Waals surface area contributed by atoms with Gasteiger partial charge in [0.05, 0.1) is 20.2 Å². The largest absolute Gasteiger partial charge is 0.497 e. The minimum Gasteiger partial charge on any atom is -0.497 e. The van der Waals surface area contributed by atoms with E-state index in [2.05, 4.69) is 0 Å². The van der Waals surface area contributed by atoms with E-state index in [0.717, 1.165) is 40.0 Å². The molecular weight excluding hydrogens is 514 g/mol. The molecule has 5 rings (SSSR count). The highest BCUT2D eigenvalue weighted by molar-refractivity contribution is 5.51. The number of anilines is 1. The van der Waals surface area contributed by atoms with Crippen molar-refractivity contribution < 1.29 is 13.5 Å². The quantitative estimate of drug-likeness (QED) is 0.356. The van der Waals surface area contributed by atoms with E-state index in [1.54, 1.807) is 14.0 Å². The Hall–Kier alpha value is -4.24. The van der Waals surface area contributed by atoms with Crippen molar-refractivity contribution in [1.29, 1.82) is 0 Å². The lowest BCUT2D eigenvalue weighted by molar-refractivity contribution is 0.414. The number of rotatable bonds is 8. The van der Waals surface area contributed by atoms with Crippen molar-refractivity contribution in [2.45, 2.75) is 38.4 Å². The summed E-state index contributed by atoms with van der Waals surface area (Å²) in [5, 5.41) is 0. The van der Waals surface area contributed by atoms with E-state index in [1.165, 1.54) is 10.6 Å². The van der Waals surface area contributed by atoms with Crippen LogP contribution in [0.3, 0.4) is 0 Å². The Morgan fingerprint density at radius 3 is 2.27 bits per heavy atom. The standard InChI is InChI=1S/C31H32F2N4O3/c1-20-29(35-16-15-23(17-35)21-11-13-24(40-2)14-12-21)30(38)37(19-28(34)22-7-4-3-5-8-22)31(39)36(20)18-25-26(32)9-6-10-27(25)33/h3-14,23,28H,15-19,34H2,1-2H3. The van der Waals surface area contributed by atoms with E-state index >= 15 is 0 Å². The van der Waals surface area contributed by atoms with E-state index in [-0.39, 0.29) is 24.6 Å². The van der Waals surface area contributed by atoms with Crippen LogP contribution in [0.2, 0.25) is 0 Å². The van der Waals surface area contributed by atoms with E-state index in [1.807, 2.05) is 59.5 Å². The molecular formula is C31H32F2N4O3. The SMILES string of the molecule is COc1ccc(C2CCN(c3c(C)n(Cc4c(F)cccc4F)c(=O)n(CC(N)c4ccccc4)c3=O)C2)cc1. The first-order chi connectivity index (χ1) is 19.3. The smallest absolute Gasteiger partial charge is 0.331 e. The summed E-state index contributed by atoms with van der Waals surface area (Å²) in [6.45, 7) is 2.36. The van der Waals surface area contributed by atoms with Gasteiger partial charge in [0.25, 0.3) is 5.56 Å². The van der Waals surface area contributed by atoms with E-state index < -0.39 is 28.9 Å². The van der Waals surface area contributed by atoms with E-state index in [0.29, 0.717) is 24.5 Å². The van der Waals surface area contributed by atoms with Gasteiger partial charge >= 0.3 is 5.69 Å². The molecule has 1 aliphatic rings. The van der Waals surface area contributed by atoms with Crippen LogP contribution < -0.4 is 26.6 Å². The summed E-state index contributed by atoms with van der Waals surface area (Å²) in [6, 6.07) is 20.0. The predicted molar refractivity (Wildman–Crippen MR) is 151 cm³/mol. The molecule has 0 radical (unpaired) electrons. The number of hydrogen-bond acceptors (Lipinski definition) is 5. The molecule has 0 bridgehead atoms. The number of halogens is 2. The van der Waals surface area contributed by atoms with Crippen LogP contribution in [0.25, 0.3) is 0 Å². The van der Waals surface area contributed by atoms with Gasteiger partial charge < -0.3 is 15.4 Å². The normalized spacial score (nSPS) is 15.8. The maximum atomic E-state index is 14.6.